The maximum atomic E-state index is 9.65. The van der Waals surface area contributed by atoms with Gasteiger partial charge in [0.25, 0.3) is 0 Å². The number of aliphatic hydroxyl groups is 1. The van der Waals surface area contributed by atoms with Crippen molar-refractivity contribution >= 4 is 42.0 Å². The average Bonchev–Trinajstić information content (AvgIpc) is 2.78. The second-order valence-corrected chi connectivity index (χ2v) is 16.1. The molecule has 34 heavy (non-hydrogen) atoms. The Balaban J connectivity index is 1.58. The Hall–Kier alpha value is -2.23. The maximum Gasteiger partial charge on any atom is 0.142 e. The molecular formula is C25H32ClN3O4Si. The normalized spacial score (nSPS) is 15.2. The molecule has 1 aromatic carbocycles. The lowest BCUT2D eigenvalue weighted by Gasteiger charge is -2.39. The number of nitrogens with zero attached hydrogens (tertiary/aromatic N) is 3. The van der Waals surface area contributed by atoms with Crippen LogP contribution in [0.3, 0.4) is 0 Å². The molecule has 0 spiro atoms. The van der Waals surface area contributed by atoms with Crippen molar-refractivity contribution < 1.29 is 19.3 Å². The topological polar surface area (TPSA) is 76.9 Å². The fourth-order valence-corrected chi connectivity index (χ4v) is 4.48. The van der Waals surface area contributed by atoms with E-state index in [4.69, 9.17) is 25.8 Å². The highest BCUT2D eigenvalue weighted by Crippen LogP contribution is 2.33. The molecule has 2 aromatic heterocycles. The number of fused-ring (bicyclic) bond motifs is 1. The van der Waals surface area contributed by atoms with Gasteiger partial charge in [-0.3, -0.25) is 0 Å². The van der Waals surface area contributed by atoms with E-state index in [1.54, 1.807) is 18.5 Å². The summed E-state index contributed by atoms with van der Waals surface area (Å²) in [4.78, 5) is 11.0. The molecule has 1 N–H and O–H groups in total. The summed E-state index contributed by atoms with van der Waals surface area (Å²) < 4.78 is 17.4. The minimum Gasteiger partial charge on any atom is -0.493 e. The zero-order valence-electron chi connectivity index (χ0n) is 20.0. The van der Waals surface area contributed by atoms with E-state index in [-0.39, 0.29) is 12.0 Å². The molecule has 9 heteroatoms. The van der Waals surface area contributed by atoms with Crippen molar-refractivity contribution in [1.29, 1.82) is 0 Å². The summed E-state index contributed by atoms with van der Waals surface area (Å²) in [5.74, 6) is 1.52. The number of rotatable bonds is 11. The van der Waals surface area contributed by atoms with Gasteiger partial charge in [0.15, 0.2) is 0 Å². The second-order valence-electron chi connectivity index (χ2n) is 10.1. The molecule has 0 radical (unpaired) electrons. The van der Waals surface area contributed by atoms with E-state index >= 15 is 0 Å². The minimum atomic E-state index is -1.19. The van der Waals surface area contributed by atoms with E-state index in [9.17, 15) is 5.11 Å². The average molecular weight is 502 g/mol. The first-order valence-corrected chi connectivity index (χ1v) is 15.5. The molecule has 0 atom stereocenters. The largest absolute Gasteiger partial charge is 0.493 e. The number of hydrogen-bond donors (Lipinski definition) is 1. The third kappa shape index (κ3) is 6.06. The van der Waals surface area contributed by atoms with Crippen molar-refractivity contribution in [3.63, 3.8) is 0 Å². The molecule has 3 heterocycles. The van der Waals surface area contributed by atoms with Gasteiger partial charge in [0.05, 0.1) is 37.1 Å². The van der Waals surface area contributed by atoms with Gasteiger partial charge in [-0.2, -0.15) is 0 Å². The number of hydrogen-bond acceptors (Lipinski definition) is 7. The predicted molar refractivity (Wildman–Crippen MR) is 138 cm³/mol. The summed E-state index contributed by atoms with van der Waals surface area (Å²) >= 11 is 6.03. The van der Waals surface area contributed by atoms with Crippen molar-refractivity contribution in [1.82, 2.24) is 9.97 Å². The lowest BCUT2D eigenvalue weighted by Crippen LogP contribution is -2.49. The number of aromatic nitrogens is 2. The molecule has 1 fully saturated rings. The van der Waals surface area contributed by atoms with Gasteiger partial charge < -0.3 is 24.2 Å². The number of pyridine rings is 2. The molecule has 0 aliphatic carbocycles. The molecule has 7 nitrogen and oxygen atoms in total. The van der Waals surface area contributed by atoms with Gasteiger partial charge in [-0.05, 0) is 47.8 Å². The van der Waals surface area contributed by atoms with Crippen LogP contribution in [-0.2, 0) is 9.47 Å². The number of aliphatic hydroxyl groups excluding tert-OH is 1. The van der Waals surface area contributed by atoms with Crippen LogP contribution in [0.25, 0.3) is 10.8 Å². The van der Waals surface area contributed by atoms with Crippen LogP contribution in [0.2, 0.25) is 30.8 Å². The van der Waals surface area contributed by atoms with Gasteiger partial charge in [0.2, 0.25) is 0 Å². The van der Waals surface area contributed by atoms with Crippen molar-refractivity contribution in [3.05, 3.63) is 53.9 Å². The van der Waals surface area contributed by atoms with E-state index in [2.05, 4.69) is 29.6 Å². The second kappa shape index (κ2) is 10.6. The fraction of sp³-hybridized carbons (Fsp3) is 0.440. The predicted octanol–water partition coefficient (Wildman–Crippen LogP) is 5.12. The van der Waals surface area contributed by atoms with E-state index in [0.717, 1.165) is 34.1 Å². The Labute approximate surface area is 206 Å². The lowest BCUT2D eigenvalue weighted by molar-refractivity contribution is -0.153. The van der Waals surface area contributed by atoms with Crippen molar-refractivity contribution in [2.24, 2.45) is 5.41 Å². The first-order valence-electron chi connectivity index (χ1n) is 11.5. The summed E-state index contributed by atoms with van der Waals surface area (Å²) in [6, 6.07) is 12.7. The summed E-state index contributed by atoms with van der Waals surface area (Å²) in [7, 11) is -1.19. The summed E-state index contributed by atoms with van der Waals surface area (Å²) in [6.07, 6.45) is 3.52. The van der Waals surface area contributed by atoms with Crippen LogP contribution in [0.1, 0.15) is 0 Å². The van der Waals surface area contributed by atoms with Crippen LogP contribution in [0.4, 0.5) is 11.5 Å². The maximum absolute atomic E-state index is 9.65. The van der Waals surface area contributed by atoms with Gasteiger partial charge in [-0.25, -0.2) is 9.97 Å². The van der Waals surface area contributed by atoms with Crippen LogP contribution in [0.5, 0.6) is 5.75 Å². The molecule has 1 aliphatic heterocycles. The molecule has 1 aliphatic rings. The van der Waals surface area contributed by atoms with Crippen molar-refractivity contribution in [2.45, 2.75) is 25.7 Å². The number of benzene rings is 1. The zero-order chi connectivity index (χ0) is 24.2. The first-order chi connectivity index (χ1) is 16.3. The Morgan fingerprint density at radius 3 is 2.62 bits per heavy atom. The van der Waals surface area contributed by atoms with Gasteiger partial charge in [-0.15, -0.1) is 0 Å². The van der Waals surface area contributed by atoms with Crippen LogP contribution < -0.4 is 9.64 Å². The third-order valence-corrected chi connectivity index (χ3v) is 7.84. The molecule has 0 unspecified atom stereocenters. The van der Waals surface area contributed by atoms with E-state index in [0.29, 0.717) is 38.3 Å². The van der Waals surface area contributed by atoms with E-state index in [1.807, 2.05) is 35.2 Å². The Morgan fingerprint density at radius 1 is 1.15 bits per heavy atom. The number of anilines is 2. The SMILES string of the molecule is C[Si](C)(C)CCOCN(c1ccc(Cl)nc1)c1nccc2cc(OCC3(CO)COC3)ccc12. The Morgan fingerprint density at radius 2 is 1.97 bits per heavy atom. The molecule has 0 bridgehead atoms. The standard InChI is InChI=1S/C25H32ClN3O4Si/c1-34(2,3)11-10-31-18-29(20-4-7-23(26)28-13-20)24-22-6-5-21(12-19(22)8-9-27-24)33-17-25(14-30)15-32-16-25/h4-9,12-13,30H,10-11,14-18H2,1-3H3. The third-order valence-electron chi connectivity index (χ3n) is 5.91. The van der Waals surface area contributed by atoms with E-state index < -0.39 is 8.07 Å². The number of ether oxygens (including phenoxy) is 3. The number of halogens is 1. The highest BCUT2D eigenvalue weighted by atomic mass is 35.5. The summed E-state index contributed by atoms with van der Waals surface area (Å²) in [5.41, 5.74) is 0.553. The van der Waals surface area contributed by atoms with Gasteiger partial charge in [-0.1, -0.05) is 31.2 Å². The van der Waals surface area contributed by atoms with E-state index in [1.165, 1.54) is 0 Å². The molecule has 1 saturated heterocycles. The Kier molecular flexibility index (Phi) is 7.74. The summed E-state index contributed by atoms with van der Waals surface area (Å²) in [5, 5.41) is 12.1. The zero-order valence-corrected chi connectivity index (χ0v) is 21.7. The van der Waals surface area contributed by atoms with Crippen LogP contribution in [0, 0.1) is 5.41 Å². The highest BCUT2D eigenvalue weighted by molar-refractivity contribution is 6.76. The minimum absolute atomic E-state index is 0.0520. The van der Waals surface area contributed by atoms with Crippen molar-refractivity contribution in [2.75, 3.05) is 44.7 Å². The first kappa shape index (κ1) is 24.9. The van der Waals surface area contributed by atoms with Crippen LogP contribution in [0.15, 0.2) is 48.8 Å². The monoisotopic (exact) mass is 501 g/mol. The fourth-order valence-electron chi connectivity index (χ4n) is 3.61. The van der Waals surface area contributed by atoms with Gasteiger partial charge in [0, 0.05) is 26.3 Å². The van der Waals surface area contributed by atoms with Gasteiger partial charge in [0.1, 0.15) is 30.1 Å². The molecule has 182 valence electrons. The van der Waals surface area contributed by atoms with Gasteiger partial charge >= 0.3 is 0 Å². The summed E-state index contributed by atoms with van der Waals surface area (Å²) in [6.45, 7) is 9.58. The highest BCUT2D eigenvalue weighted by Gasteiger charge is 2.39. The lowest BCUT2D eigenvalue weighted by atomic mass is 9.88. The molecule has 0 saturated carbocycles. The van der Waals surface area contributed by atoms with Crippen LogP contribution in [-0.4, -0.2) is 62.9 Å². The molecule has 4 rings (SSSR count). The molecule has 0 amide bonds. The van der Waals surface area contributed by atoms with Crippen LogP contribution >= 0.6 is 11.6 Å². The Bertz CT molecular complexity index is 1100. The van der Waals surface area contributed by atoms with Crippen molar-refractivity contribution in [3.8, 4) is 5.75 Å². The molecule has 3 aromatic rings. The molecular weight excluding hydrogens is 470 g/mol. The smallest absolute Gasteiger partial charge is 0.142 e. The quantitative estimate of drug-likeness (QED) is 0.169.